The molecule has 444 valence electrons. The summed E-state index contributed by atoms with van der Waals surface area (Å²) in [6.07, 6.45) is 3.61. The fraction of sp³-hybridized carbons (Fsp3) is 0.339. The number of nitrogens with two attached hydrogens (primary N) is 1. The first-order valence-electron chi connectivity index (χ1n) is 27.9. The van der Waals surface area contributed by atoms with E-state index in [1.807, 2.05) is 0 Å². The van der Waals surface area contributed by atoms with Gasteiger partial charge in [0.15, 0.2) is 5.78 Å². The van der Waals surface area contributed by atoms with Crippen molar-refractivity contribution in [2.45, 2.75) is 127 Å². The molecule has 85 heavy (non-hydrogen) atoms. The number of ketones is 3. The van der Waals surface area contributed by atoms with Crippen molar-refractivity contribution >= 4 is 86.8 Å². The van der Waals surface area contributed by atoms with Gasteiger partial charge in [-0.2, -0.15) is 0 Å². The number of allylic oxidation sites excluding steroid dienone is 1. The van der Waals surface area contributed by atoms with Gasteiger partial charge in [-0.3, -0.25) is 52.9 Å². The molecule has 0 unspecified atom stereocenters. The fourth-order valence-electron chi connectivity index (χ4n) is 10.4. The zero-order valence-corrected chi connectivity index (χ0v) is 46.2. The average molecular weight is 1170 g/mol. The lowest BCUT2D eigenvalue weighted by Gasteiger charge is -2.27. The summed E-state index contributed by atoms with van der Waals surface area (Å²) in [6, 6.07) is 12.6. The highest BCUT2D eigenvalue weighted by molar-refractivity contribution is 5.99. The van der Waals surface area contributed by atoms with Crippen LogP contribution in [0, 0.1) is 17.6 Å². The van der Waals surface area contributed by atoms with Crippen molar-refractivity contribution in [3.8, 4) is 5.75 Å². The zero-order chi connectivity index (χ0) is 60.7. The van der Waals surface area contributed by atoms with E-state index in [2.05, 4.69) is 41.5 Å². The standard InChI is InChI=1S/C62H65F2N9O12/c63-41-11-17-48-46(28-41)39(32-67-48)25-53-61(84)73-54(26-40-33-68-49-18-12-42(64)29-47(40)49)62(85)70-50(30-57(79)80)55(77)27-38(22-37-20-21-66-31-37)59(82)72-52(24-36-9-14-45(76)15-10-36)60(83)71-51(58(65)81)23-35-6-4-34(5-7-35)8-13-43(74)2-1-3-44(75)16-19-56(78)69-53/h4-7,9-12,14-15,17-18,21,28-29,31-33,38,50-54,67-68,76H,1-3,8,13,16,19-20,22-27,30H2,(H2,65,81)(H,69,78)(H,70,85)(H,71,83)(H,72,82)(H,73,84)(H,79,80)/t38-,50+,51+,52+,53+,54+/m1/s1. The number of phenolic OH excluding ortho intramolecular Hbond substituents is 1. The number of carboxylic acids is 1. The van der Waals surface area contributed by atoms with Gasteiger partial charge in [0.2, 0.25) is 35.4 Å². The zero-order valence-electron chi connectivity index (χ0n) is 46.2. The highest BCUT2D eigenvalue weighted by atomic mass is 19.1. The molecule has 0 aliphatic carbocycles. The Kier molecular flexibility index (Phi) is 20.6. The largest absolute Gasteiger partial charge is 0.508 e. The molecule has 0 saturated carbocycles. The highest BCUT2D eigenvalue weighted by Crippen LogP contribution is 2.26. The third kappa shape index (κ3) is 17.4. The fourth-order valence-corrected chi connectivity index (χ4v) is 10.4. The lowest BCUT2D eigenvalue weighted by atomic mass is 9.89. The monoisotopic (exact) mass is 1170 g/mol. The van der Waals surface area contributed by atoms with Crippen LogP contribution in [0.2, 0.25) is 0 Å². The number of fused-ring (bicyclic) bond motifs is 31. The second-order valence-electron chi connectivity index (χ2n) is 21.5. The molecule has 3 aliphatic heterocycles. The summed E-state index contributed by atoms with van der Waals surface area (Å²) in [4.78, 5) is 149. The number of primary amides is 1. The van der Waals surface area contributed by atoms with Crippen molar-refractivity contribution in [3.05, 3.63) is 149 Å². The maximum absolute atomic E-state index is 14.8. The Morgan fingerprint density at radius 2 is 1.12 bits per heavy atom. The smallest absolute Gasteiger partial charge is 0.305 e. The van der Waals surface area contributed by atoms with E-state index in [-0.39, 0.29) is 87.9 Å². The van der Waals surface area contributed by atoms with E-state index in [1.165, 1.54) is 79.3 Å². The van der Waals surface area contributed by atoms with Gasteiger partial charge in [-0.05, 0) is 101 Å². The number of nitrogens with one attached hydrogen (secondary N) is 7. The average Bonchev–Trinajstić information content (AvgIpc) is 4.37. The minimum atomic E-state index is -1.86. The van der Waals surface area contributed by atoms with Crippen molar-refractivity contribution in [1.29, 1.82) is 0 Å². The van der Waals surface area contributed by atoms with Crippen LogP contribution in [-0.4, -0.2) is 115 Å². The molecular formula is C62H65F2N9O12. The molecule has 0 radical (unpaired) electrons. The van der Waals surface area contributed by atoms with E-state index in [0.717, 1.165) is 5.56 Å². The number of carbonyl (C=O) groups is 10. The maximum atomic E-state index is 14.8. The van der Waals surface area contributed by atoms with E-state index in [9.17, 15) is 66.9 Å². The van der Waals surface area contributed by atoms with E-state index in [4.69, 9.17) is 5.73 Å². The van der Waals surface area contributed by atoms with E-state index < -0.39 is 114 Å². The number of aryl methyl sites for hydroxylation is 1. The number of carbonyl (C=O) groups excluding carboxylic acids is 9. The molecule has 11 N–H and O–H groups in total. The molecule has 2 bridgehead atoms. The lowest BCUT2D eigenvalue weighted by Crippen LogP contribution is -2.57. The lowest BCUT2D eigenvalue weighted by molar-refractivity contribution is -0.141. The van der Waals surface area contributed by atoms with Gasteiger partial charge >= 0.3 is 5.97 Å². The Labute approximate surface area is 486 Å². The van der Waals surface area contributed by atoms with Crippen molar-refractivity contribution in [3.63, 3.8) is 0 Å². The first-order valence-corrected chi connectivity index (χ1v) is 27.9. The molecule has 4 aromatic carbocycles. The third-order valence-corrected chi connectivity index (χ3v) is 15.1. The summed E-state index contributed by atoms with van der Waals surface area (Å²) >= 11 is 0. The molecule has 6 aromatic rings. The number of hydrogen-bond acceptors (Lipinski definition) is 12. The molecule has 6 amide bonds. The predicted octanol–water partition coefficient (Wildman–Crippen LogP) is 4.65. The third-order valence-electron chi connectivity index (χ3n) is 15.1. The van der Waals surface area contributed by atoms with Crippen LogP contribution in [0.4, 0.5) is 8.78 Å². The number of aliphatic carboxylic acids is 1. The van der Waals surface area contributed by atoms with Gasteiger partial charge in [0, 0.05) is 123 Å². The van der Waals surface area contributed by atoms with Crippen LogP contribution in [0.5, 0.6) is 5.75 Å². The Bertz CT molecular complexity index is 3580. The van der Waals surface area contributed by atoms with Crippen LogP contribution < -0.4 is 32.3 Å². The number of aromatic nitrogens is 2. The Hall–Kier alpha value is -9.67. The molecule has 21 nitrogen and oxygen atoms in total. The SMILES string of the molecule is NC(=O)[C@@H]1Cc2ccc(cc2)CCC(=O)CCCC(=O)CCC(=O)N[C@@H](Cc2c[nH]c3ccc(F)cc23)C(=O)N[C@@H](Cc2c[nH]c3ccc(F)cc23)C(=O)N[C@@H](CC(=O)O)C(=O)C[C@@H](CC2=CN=CC2)C(=O)N[C@@H](Cc2ccc(O)cc2)C(=O)N1. The number of carboxylic acid groups (broad SMARTS) is 1. The molecular weight excluding hydrogens is 1100 g/mol. The van der Waals surface area contributed by atoms with Gasteiger partial charge in [-0.1, -0.05) is 36.4 Å². The molecule has 23 heteroatoms. The normalized spacial score (nSPS) is 21.5. The first-order chi connectivity index (χ1) is 40.7. The van der Waals surface area contributed by atoms with Gasteiger partial charge in [0.25, 0.3) is 0 Å². The number of halogens is 2. The minimum absolute atomic E-state index is 0.0202. The molecule has 9 rings (SSSR count). The predicted molar refractivity (Wildman–Crippen MR) is 307 cm³/mol. The summed E-state index contributed by atoms with van der Waals surface area (Å²) < 4.78 is 29.4. The van der Waals surface area contributed by atoms with Crippen LogP contribution in [-0.2, 0) is 80.0 Å². The number of aromatic hydroxyl groups is 1. The summed E-state index contributed by atoms with van der Waals surface area (Å²) in [5.41, 5.74) is 9.87. The Morgan fingerprint density at radius 1 is 0.576 bits per heavy atom. The van der Waals surface area contributed by atoms with Gasteiger partial charge in [-0.15, -0.1) is 0 Å². The number of Topliss-reactive ketones (excluding diaryl/α,β-unsaturated/α-hetero) is 3. The van der Waals surface area contributed by atoms with E-state index in [0.29, 0.717) is 56.1 Å². The Balaban J connectivity index is 1.13. The maximum Gasteiger partial charge on any atom is 0.305 e. The topological polar surface area (TPSA) is 341 Å². The molecule has 0 fully saturated rings. The number of aliphatic imine (C=N–C) groups is 1. The number of amides is 6. The van der Waals surface area contributed by atoms with E-state index in [1.54, 1.807) is 30.5 Å². The van der Waals surface area contributed by atoms with Crippen LogP contribution in [0.1, 0.15) is 92.0 Å². The summed E-state index contributed by atoms with van der Waals surface area (Å²) in [5.74, 6) is -11.0. The molecule has 5 heterocycles. The quantitative estimate of drug-likeness (QED) is 0.0793. The van der Waals surface area contributed by atoms with Crippen molar-refractivity contribution in [2.75, 3.05) is 0 Å². The van der Waals surface area contributed by atoms with Gasteiger partial charge < -0.3 is 52.5 Å². The number of rotatable bonds is 11. The molecule has 0 saturated heterocycles. The highest BCUT2D eigenvalue weighted by Gasteiger charge is 2.36. The van der Waals surface area contributed by atoms with Gasteiger partial charge in [0.1, 0.15) is 53.1 Å². The van der Waals surface area contributed by atoms with Crippen molar-refractivity contribution in [1.82, 2.24) is 36.6 Å². The summed E-state index contributed by atoms with van der Waals surface area (Å²) in [6.45, 7) is 0. The molecule has 3 aliphatic rings. The van der Waals surface area contributed by atoms with Gasteiger partial charge in [-0.25, -0.2) is 8.78 Å². The number of hydrogen-bond donors (Lipinski definition) is 10. The van der Waals surface area contributed by atoms with Crippen LogP contribution >= 0.6 is 0 Å². The number of nitrogens with zero attached hydrogens (tertiary/aromatic N) is 1. The van der Waals surface area contributed by atoms with Crippen molar-refractivity contribution in [2.24, 2.45) is 16.6 Å². The Morgan fingerprint density at radius 3 is 1.69 bits per heavy atom. The number of H-pyrrole nitrogens is 2. The van der Waals surface area contributed by atoms with Crippen LogP contribution in [0.25, 0.3) is 21.8 Å². The number of phenols is 1. The van der Waals surface area contributed by atoms with E-state index >= 15 is 0 Å². The van der Waals surface area contributed by atoms with Gasteiger partial charge in [0.05, 0.1) is 12.5 Å². The van der Waals surface area contributed by atoms with Crippen molar-refractivity contribution < 1.29 is 66.9 Å². The van der Waals surface area contributed by atoms with Crippen LogP contribution in [0.15, 0.2) is 114 Å². The minimum Gasteiger partial charge on any atom is -0.508 e. The second kappa shape index (κ2) is 28.5. The number of benzene rings is 4. The second-order valence-corrected chi connectivity index (χ2v) is 21.5. The number of aromatic amines is 2. The first kappa shape index (κ1) is 61.4. The molecule has 0 spiro atoms. The molecule has 2 aromatic heterocycles. The molecule has 6 atom stereocenters. The van der Waals surface area contributed by atoms with Crippen LogP contribution in [0.3, 0.4) is 0 Å². The summed E-state index contributed by atoms with van der Waals surface area (Å²) in [5, 5.41) is 34.0. The summed E-state index contributed by atoms with van der Waals surface area (Å²) in [7, 11) is 0.